The summed E-state index contributed by atoms with van der Waals surface area (Å²) >= 11 is 0. The van der Waals surface area contributed by atoms with Gasteiger partial charge in [-0.05, 0) is 48.5 Å². The molecule has 1 heterocycles. The van der Waals surface area contributed by atoms with Crippen molar-refractivity contribution in [1.82, 2.24) is 0 Å². The van der Waals surface area contributed by atoms with E-state index in [-0.39, 0.29) is 10.8 Å². The van der Waals surface area contributed by atoms with E-state index >= 15 is 0 Å². The largest absolute Gasteiger partial charge is 0.543 e. The predicted octanol–water partition coefficient (Wildman–Crippen LogP) is 6.20. The third-order valence-electron chi connectivity index (χ3n) is 5.12. The minimum absolute atomic E-state index is 0.125. The molecular formula is C21H26O4Si. The molecule has 0 radical (unpaired) electrons. The standard InChI is InChI=1S/C21H26O4Si/c1-21(2,3)26(5,6)25-16-9-10-17(19(13-16)23-4)20-11-14-7-8-15(22)12-18(14)24-20/h7-13,22H,1-6H3. The summed E-state index contributed by atoms with van der Waals surface area (Å²) in [6, 6.07) is 12.9. The Morgan fingerprint density at radius 1 is 1.00 bits per heavy atom. The molecule has 2 aromatic carbocycles. The average Bonchev–Trinajstić information content (AvgIpc) is 2.96. The highest BCUT2D eigenvalue weighted by Gasteiger charge is 2.39. The van der Waals surface area contributed by atoms with Gasteiger partial charge in [-0.3, -0.25) is 0 Å². The second-order valence-corrected chi connectivity index (χ2v) is 12.8. The van der Waals surface area contributed by atoms with Crippen LogP contribution in [0.1, 0.15) is 20.8 Å². The number of hydrogen-bond acceptors (Lipinski definition) is 4. The molecule has 138 valence electrons. The summed E-state index contributed by atoms with van der Waals surface area (Å²) in [6.45, 7) is 11.1. The number of aromatic hydroxyl groups is 1. The number of furan rings is 1. The van der Waals surface area contributed by atoms with Crippen LogP contribution in [0.4, 0.5) is 0 Å². The number of phenols is 1. The van der Waals surface area contributed by atoms with Crippen LogP contribution in [0.5, 0.6) is 17.2 Å². The maximum atomic E-state index is 9.62. The summed E-state index contributed by atoms with van der Waals surface area (Å²) in [5, 5.41) is 10.7. The van der Waals surface area contributed by atoms with Crippen LogP contribution in [0.3, 0.4) is 0 Å². The van der Waals surface area contributed by atoms with E-state index in [9.17, 15) is 5.11 Å². The zero-order chi connectivity index (χ0) is 19.1. The predicted molar refractivity (Wildman–Crippen MR) is 108 cm³/mol. The molecule has 26 heavy (non-hydrogen) atoms. The molecule has 1 N–H and O–H groups in total. The van der Waals surface area contributed by atoms with Gasteiger partial charge in [0.25, 0.3) is 0 Å². The van der Waals surface area contributed by atoms with E-state index in [4.69, 9.17) is 13.6 Å². The third-order valence-corrected chi connectivity index (χ3v) is 9.48. The van der Waals surface area contributed by atoms with Crippen LogP contribution in [-0.2, 0) is 0 Å². The van der Waals surface area contributed by atoms with Crippen molar-refractivity contribution in [1.29, 1.82) is 0 Å². The van der Waals surface area contributed by atoms with Gasteiger partial charge < -0.3 is 18.7 Å². The summed E-state index contributed by atoms with van der Waals surface area (Å²) in [5.74, 6) is 2.39. The smallest absolute Gasteiger partial charge is 0.250 e. The topological polar surface area (TPSA) is 51.8 Å². The SMILES string of the molecule is COc1cc(O[Si](C)(C)C(C)(C)C)ccc1-c1cc2ccc(O)cc2o1. The van der Waals surface area contributed by atoms with E-state index in [1.165, 1.54) is 0 Å². The number of methoxy groups -OCH3 is 1. The lowest BCUT2D eigenvalue weighted by Gasteiger charge is -2.36. The van der Waals surface area contributed by atoms with Gasteiger partial charge in [-0.1, -0.05) is 20.8 Å². The van der Waals surface area contributed by atoms with Gasteiger partial charge >= 0.3 is 0 Å². The van der Waals surface area contributed by atoms with Crippen LogP contribution >= 0.6 is 0 Å². The first-order valence-corrected chi connectivity index (χ1v) is 11.6. The lowest BCUT2D eigenvalue weighted by Crippen LogP contribution is -2.43. The molecule has 0 aliphatic carbocycles. The first-order chi connectivity index (χ1) is 12.1. The monoisotopic (exact) mass is 370 g/mol. The van der Waals surface area contributed by atoms with Gasteiger partial charge in [0.05, 0.1) is 12.7 Å². The Labute approximate surface area is 155 Å². The first kappa shape index (κ1) is 18.4. The van der Waals surface area contributed by atoms with Crippen LogP contribution in [-0.4, -0.2) is 20.5 Å². The molecule has 0 fully saturated rings. The van der Waals surface area contributed by atoms with Gasteiger partial charge in [-0.15, -0.1) is 0 Å². The van der Waals surface area contributed by atoms with Crippen molar-refractivity contribution < 1.29 is 18.7 Å². The van der Waals surface area contributed by atoms with Crippen LogP contribution in [0.2, 0.25) is 18.1 Å². The molecule has 0 aliphatic heterocycles. The Kier molecular flexibility index (Phi) is 4.52. The second-order valence-electron chi connectivity index (χ2n) is 8.06. The quantitative estimate of drug-likeness (QED) is 0.556. The summed E-state index contributed by atoms with van der Waals surface area (Å²) < 4.78 is 17.9. The Balaban J connectivity index is 1.98. The second kappa shape index (κ2) is 6.40. The number of benzene rings is 2. The third kappa shape index (κ3) is 3.44. The van der Waals surface area contributed by atoms with Crippen LogP contribution < -0.4 is 9.16 Å². The molecule has 0 unspecified atom stereocenters. The van der Waals surface area contributed by atoms with Gasteiger partial charge in [0.15, 0.2) is 0 Å². The Morgan fingerprint density at radius 2 is 1.73 bits per heavy atom. The molecule has 1 aromatic heterocycles. The fourth-order valence-electron chi connectivity index (χ4n) is 2.54. The van der Waals surface area contributed by atoms with Gasteiger partial charge in [-0.25, -0.2) is 0 Å². The van der Waals surface area contributed by atoms with Gasteiger partial charge in [0.2, 0.25) is 8.32 Å². The number of hydrogen-bond donors (Lipinski definition) is 1. The molecule has 3 aromatic rings. The number of ether oxygens (including phenoxy) is 1. The summed E-state index contributed by atoms with van der Waals surface area (Å²) in [7, 11) is -0.275. The maximum absolute atomic E-state index is 9.62. The maximum Gasteiger partial charge on any atom is 0.250 e. The van der Waals surface area contributed by atoms with Crippen molar-refractivity contribution in [2.24, 2.45) is 0 Å². The van der Waals surface area contributed by atoms with Crippen LogP contribution in [0.25, 0.3) is 22.3 Å². The van der Waals surface area contributed by atoms with Crippen molar-refractivity contribution in [2.45, 2.75) is 38.9 Å². The number of phenolic OH excluding ortho intramolecular Hbond substituents is 1. The van der Waals surface area contributed by atoms with Gasteiger partial charge in [0, 0.05) is 17.5 Å². The number of rotatable bonds is 4. The fourth-order valence-corrected chi connectivity index (χ4v) is 3.56. The van der Waals surface area contributed by atoms with E-state index in [1.54, 1.807) is 19.2 Å². The fraction of sp³-hybridized carbons (Fsp3) is 0.333. The van der Waals surface area contributed by atoms with E-state index in [1.807, 2.05) is 30.3 Å². The van der Waals surface area contributed by atoms with E-state index in [0.29, 0.717) is 17.1 Å². The molecule has 3 rings (SSSR count). The van der Waals surface area contributed by atoms with E-state index < -0.39 is 8.32 Å². The number of fused-ring (bicyclic) bond motifs is 1. The molecule has 0 saturated heterocycles. The normalized spacial score (nSPS) is 12.4. The van der Waals surface area contributed by atoms with Crippen molar-refractivity contribution in [2.75, 3.05) is 7.11 Å². The summed E-state index contributed by atoms with van der Waals surface area (Å²) in [5.41, 5.74) is 1.49. The highest BCUT2D eigenvalue weighted by atomic mass is 28.4. The average molecular weight is 371 g/mol. The zero-order valence-corrected chi connectivity index (χ0v) is 17.2. The summed E-state index contributed by atoms with van der Waals surface area (Å²) in [4.78, 5) is 0. The highest BCUT2D eigenvalue weighted by molar-refractivity contribution is 6.74. The molecule has 5 heteroatoms. The Morgan fingerprint density at radius 3 is 2.38 bits per heavy atom. The zero-order valence-electron chi connectivity index (χ0n) is 16.2. The van der Waals surface area contributed by atoms with Crippen molar-refractivity contribution in [3.8, 4) is 28.6 Å². The Bertz CT molecular complexity index is 935. The molecule has 4 nitrogen and oxygen atoms in total. The van der Waals surface area contributed by atoms with Crippen molar-refractivity contribution >= 4 is 19.3 Å². The Hall–Kier alpha value is -2.40. The molecule has 0 spiro atoms. The molecule has 0 aliphatic rings. The van der Waals surface area contributed by atoms with Crippen LogP contribution in [0, 0.1) is 0 Å². The lowest BCUT2D eigenvalue weighted by atomic mass is 10.1. The summed E-state index contributed by atoms with van der Waals surface area (Å²) in [6.07, 6.45) is 0. The highest BCUT2D eigenvalue weighted by Crippen LogP contribution is 2.41. The minimum atomic E-state index is -1.92. The molecule has 0 bridgehead atoms. The van der Waals surface area contributed by atoms with Gasteiger partial charge in [-0.2, -0.15) is 0 Å². The molecule has 0 amide bonds. The first-order valence-electron chi connectivity index (χ1n) is 8.71. The van der Waals surface area contributed by atoms with Crippen molar-refractivity contribution in [3.63, 3.8) is 0 Å². The molecule has 0 saturated carbocycles. The lowest BCUT2D eigenvalue weighted by molar-refractivity contribution is 0.411. The van der Waals surface area contributed by atoms with Crippen molar-refractivity contribution in [3.05, 3.63) is 42.5 Å². The van der Waals surface area contributed by atoms with E-state index in [0.717, 1.165) is 16.7 Å². The van der Waals surface area contributed by atoms with Gasteiger partial charge in [0.1, 0.15) is 28.6 Å². The van der Waals surface area contributed by atoms with E-state index in [2.05, 4.69) is 33.9 Å². The minimum Gasteiger partial charge on any atom is -0.543 e. The molecular weight excluding hydrogens is 344 g/mol. The molecule has 0 atom stereocenters. The van der Waals surface area contributed by atoms with Crippen LogP contribution in [0.15, 0.2) is 46.9 Å².